The highest BCUT2D eigenvalue weighted by Crippen LogP contribution is 2.38. The van der Waals surface area contributed by atoms with Crippen LogP contribution in [-0.4, -0.2) is 23.6 Å². The van der Waals surface area contributed by atoms with Crippen molar-refractivity contribution in [1.29, 1.82) is 0 Å². The molecule has 0 heterocycles. The Hall–Kier alpha value is -2.21. The Morgan fingerprint density at radius 2 is 1.77 bits per heavy atom. The first-order valence-corrected chi connectivity index (χ1v) is 10.8. The molecule has 0 spiro atoms. The predicted octanol–water partition coefficient (Wildman–Crippen LogP) is 7.36. The summed E-state index contributed by atoms with van der Waals surface area (Å²) in [5.41, 5.74) is 6.79. The second kappa shape index (κ2) is 14.7. The number of unbranched alkanes of at least 4 members (excludes halogenated alkanes) is 2. The number of benzene rings is 1. The molecule has 1 atom stereocenters. The number of aromatic hydroxyl groups is 1. The molecule has 1 unspecified atom stereocenters. The third-order valence-electron chi connectivity index (χ3n) is 4.66. The van der Waals surface area contributed by atoms with Gasteiger partial charge in [0.1, 0.15) is 5.75 Å². The average Bonchev–Trinajstić information content (AvgIpc) is 2.68. The molecule has 1 rings (SSSR count). The molecule has 3 nitrogen and oxygen atoms in total. The molecule has 6 heteroatoms. The maximum atomic E-state index is 12.9. The van der Waals surface area contributed by atoms with Crippen molar-refractivity contribution in [3.63, 3.8) is 0 Å². The van der Waals surface area contributed by atoms with Gasteiger partial charge in [-0.05, 0) is 39.4 Å². The number of likely N-dealkylation sites (N-methyl/N-ethyl adjacent to an activating group) is 1. The summed E-state index contributed by atoms with van der Waals surface area (Å²) in [6.45, 7) is 10.6. The van der Waals surface area contributed by atoms with Crippen molar-refractivity contribution in [2.75, 3.05) is 13.6 Å². The van der Waals surface area contributed by atoms with E-state index in [9.17, 15) is 18.3 Å². The molecule has 0 fully saturated rings. The second-order valence-electron chi connectivity index (χ2n) is 7.66. The number of hydrogen-bond donors (Lipinski definition) is 2. The number of halogens is 3. The number of rotatable bonds is 9. The predicted molar refractivity (Wildman–Crippen MR) is 125 cm³/mol. The molecular weight excluding hydrogens is 401 g/mol. The fourth-order valence-corrected chi connectivity index (χ4v) is 2.98. The highest BCUT2D eigenvalue weighted by Gasteiger charge is 2.32. The Morgan fingerprint density at radius 3 is 2.19 bits per heavy atom. The van der Waals surface area contributed by atoms with Crippen molar-refractivity contribution in [1.82, 2.24) is 4.90 Å². The van der Waals surface area contributed by atoms with Gasteiger partial charge < -0.3 is 10.8 Å². The van der Waals surface area contributed by atoms with Crippen molar-refractivity contribution in [2.45, 2.75) is 72.5 Å². The molecule has 0 aliphatic heterocycles. The van der Waals surface area contributed by atoms with Crippen LogP contribution in [0.15, 0.2) is 53.8 Å². The molecule has 3 N–H and O–H groups in total. The van der Waals surface area contributed by atoms with Crippen LogP contribution in [0.25, 0.3) is 0 Å². The maximum Gasteiger partial charge on any atom is 0.416 e. The molecule has 0 radical (unpaired) electrons. The number of nitrogens with zero attached hydrogens (tertiary/aromatic N) is 1. The molecule has 176 valence electrons. The van der Waals surface area contributed by atoms with E-state index >= 15 is 0 Å². The molecule has 0 bridgehead atoms. The third-order valence-corrected chi connectivity index (χ3v) is 4.66. The molecule has 0 aromatic heterocycles. The minimum absolute atomic E-state index is 0.377. The molecule has 31 heavy (non-hydrogen) atoms. The molecule has 0 saturated heterocycles. The SMILES string of the molecule is CC/C=C\C=C(/C)C(c1ccc(C(F)(F)F)cc1O)N(C)C/C=C(\C)N.CCCCC. The summed E-state index contributed by atoms with van der Waals surface area (Å²) in [6, 6.07) is 2.72. The zero-order chi connectivity index (χ0) is 24.0. The Morgan fingerprint density at radius 1 is 1.16 bits per heavy atom. The van der Waals surface area contributed by atoms with Gasteiger partial charge in [0.05, 0.1) is 11.6 Å². The van der Waals surface area contributed by atoms with E-state index in [1.54, 1.807) is 6.92 Å². The summed E-state index contributed by atoms with van der Waals surface area (Å²) in [4.78, 5) is 1.92. The maximum absolute atomic E-state index is 12.9. The molecule has 0 saturated carbocycles. The van der Waals surface area contributed by atoms with Crippen LogP contribution in [0.3, 0.4) is 0 Å². The smallest absolute Gasteiger partial charge is 0.416 e. The standard InChI is InChI=1S/C20H27F3N2O.C5H12/c1-5-6-7-8-14(2)19(25(4)12-11-15(3)24)17-10-9-16(13-18(17)26)20(21,22)23;1-3-5-4-2/h6-11,13,19,26H,5,12,24H2,1-4H3;3-5H2,1-2H3/b7-6-,14-8+,15-11+;. The number of alkyl halides is 3. The van der Waals surface area contributed by atoms with Crippen molar-refractivity contribution in [3.8, 4) is 5.75 Å². The van der Waals surface area contributed by atoms with Crippen LogP contribution in [0.1, 0.15) is 77.5 Å². The first kappa shape index (κ1) is 28.8. The van der Waals surface area contributed by atoms with Gasteiger partial charge in [-0.15, -0.1) is 0 Å². The van der Waals surface area contributed by atoms with Crippen molar-refractivity contribution in [3.05, 3.63) is 64.9 Å². The Kier molecular flexibility index (Phi) is 13.7. The highest BCUT2D eigenvalue weighted by molar-refractivity contribution is 5.43. The minimum Gasteiger partial charge on any atom is -0.508 e. The van der Waals surface area contributed by atoms with Crippen molar-refractivity contribution >= 4 is 0 Å². The van der Waals surface area contributed by atoms with E-state index < -0.39 is 11.7 Å². The molecule has 0 aliphatic rings. The van der Waals surface area contributed by atoms with Gasteiger partial charge in [-0.1, -0.05) is 76.0 Å². The van der Waals surface area contributed by atoms with Crippen LogP contribution in [0.5, 0.6) is 5.75 Å². The van der Waals surface area contributed by atoms with Gasteiger partial charge in [0.25, 0.3) is 0 Å². The second-order valence-corrected chi connectivity index (χ2v) is 7.66. The summed E-state index contributed by atoms with van der Waals surface area (Å²) in [5, 5.41) is 10.3. The summed E-state index contributed by atoms with van der Waals surface area (Å²) in [7, 11) is 1.84. The minimum atomic E-state index is -4.49. The van der Waals surface area contributed by atoms with E-state index in [1.807, 2.05) is 50.1 Å². The summed E-state index contributed by atoms with van der Waals surface area (Å²) in [6.07, 6.45) is 8.08. The average molecular weight is 441 g/mol. The number of hydrogen-bond acceptors (Lipinski definition) is 3. The van der Waals surface area contributed by atoms with E-state index in [4.69, 9.17) is 5.73 Å². The monoisotopic (exact) mass is 440 g/mol. The van der Waals surface area contributed by atoms with Gasteiger partial charge in [-0.3, -0.25) is 4.90 Å². The van der Waals surface area contributed by atoms with Crippen molar-refractivity contribution in [2.24, 2.45) is 5.73 Å². The number of allylic oxidation sites excluding steroid dienone is 4. The molecule has 0 aliphatic carbocycles. The first-order chi connectivity index (χ1) is 14.5. The number of phenolic OH excluding ortho intramolecular Hbond substituents is 1. The van der Waals surface area contributed by atoms with Gasteiger partial charge in [0.2, 0.25) is 0 Å². The van der Waals surface area contributed by atoms with E-state index in [1.165, 1.54) is 25.3 Å². The lowest BCUT2D eigenvalue weighted by Crippen LogP contribution is -2.26. The Bertz CT molecular complexity index is 731. The van der Waals surface area contributed by atoms with Gasteiger partial charge in [-0.2, -0.15) is 13.2 Å². The zero-order valence-electron chi connectivity index (χ0n) is 19.8. The van der Waals surface area contributed by atoms with Crippen LogP contribution in [0.2, 0.25) is 0 Å². The zero-order valence-corrected chi connectivity index (χ0v) is 19.8. The van der Waals surface area contributed by atoms with Crippen LogP contribution >= 0.6 is 0 Å². The molecule has 1 aromatic carbocycles. The fraction of sp³-hybridized carbons (Fsp3) is 0.520. The molecule has 0 amide bonds. The van der Waals surface area contributed by atoms with Crippen LogP contribution in [0.4, 0.5) is 13.2 Å². The van der Waals surface area contributed by atoms with E-state index in [2.05, 4.69) is 13.8 Å². The topological polar surface area (TPSA) is 49.5 Å². The largest absolute Gasteiger partial charge is 0.508 e. The quantitative estimate of drug-likeness (QED) is 0.395. The Balaban J connectivity index is 0.00000161. The summed E-state index contributed by atoms with van der Waals surface area (Å²) < 4.78 is 38.6. The van der Waals surface area contributed by atoms with E-state index in [0.29, 0.717) is 17.8 Å². The normalized spacial score (nSPS) is 14.0. The van der Waals surface area contributed by atoms with Gasteiger partial charge in [0, 0.05) is 17.8 Å². The lowest BCUT2D eigenvalue weighted by Gasteiger charge is -2.29. The van der Waals surface area contributed by atoms with E-state index in [0.717, 1.165) is 24.1 Å². The molecule has 1 aromatic rings. The van der Waals surface area contributed by atoms with Crippen LogP contribution in [0, 0.1) is 0 Å². The van der Waals surface area contributed by atoms with Gasteiger partial charge >= 0.3 is 6.18 Å². The first-order valence-electron chi connectivity index (χ1n) is 10.8. The Labute approximate surface area is 186 Å². The van der Waals surface area contributed by atoms with Crippen LogP contribution < -0.4 is 5.73 Å². The number of nitrogens with two attached hydrogens (primary N) is 1. The van der Waals surface area contributed by atoms with Crippen LogP contribution in [-0.2, 0) is 6.18 Å². The fourth-order valence-electron chi connectivity index (χ4n) is 2.98. The van der Waals surface area contributed by atoms with Gasteiger partial charge in [0.15, 0.2) is 0 Å². The van der Waals surface area contributed by atoms with Gasteiger partial charge in [-0.25, -0.2) is 0 Å². The molecular formula is C25H39F3N2O. The lowest BCUT2D eigenvalue weighted by molar-refractivity contribution is -0.137. The third kappa shape index (κ3) is 11.1. The highest BCUT2D eigenvalue weighted by atomic mass is 19.4. The summed E-state index contributed by atoms with van der Waals surface area (Å²) >= 11 is 0. The summed E-state index contributed by atoms with van der Waals surface area (Å²) in [5.74, 6) is -0.377. The lowest BCUT2D eigenvalue weighted by atomic mass is 9.95. The van der Waals surface area contributed by atoms with E-state index in [-0.39, 0.29) is 11.8 Å². The van der Waals surface area contributed by atoms with Crippen molar-refractivity contribution < 1.29 is 18.3 Å². The number of phenols is 1.